The van der Waals surface area contributed by atoms with Gasteiger partial charge in [0.1, 0.15) is 5.75 Å². The second-order valence-corrected chi connectivity index (χ2v) is 6.78. The van der Waals surface area contributed by atoms with E-state index in [-0.39, 0.29) is 5.54 Å². The molecule has 0 aromatic heterocycles. The number of unbranched alkanes of at least 4 members (excludes halogenated alkanes) is 1. The molecule has 0 unspecified atom stereocenters. The minimum absolute atomic E-state index is 0.112. The number of hydrogen-bond donors (Lipinski definition) is 1. The van der Waals surface area contributed by atoms with Crippen LogP contribution in [0.15, 0.2) is 54.6 Å². The fourth-order valence-corrected chi connectivity index (χ4v) is 2.84. The summed E-state index contributed by atoms with van der Waals surface area (Å²) in [7, 11) is 1.70. The van der Waals surface area contributed by atoms with Crippen molar-refractivity contribution in [2.24, 2.45) is 0 Å². The molecule has 0 bridgehead atoms. The molecule has 0 saturated heterocycles. The van der Waals surface area contributed by atoms with Crippen molar-refractivity contribution in [2.45, 2.75) is 45.1 Å². The Labute approximate surface area is 140 Å². The van der Waals surface area contributed by atoms with Gasteiger partial charge in [-0.05, 0) is 69.3 Å². The van der Waals surface area contributed by atoms with Gasteiger partial charge in [-0.25, -0.2) is 0 Å². The second-order valence-electron chi connectivity index (χ2n) is 6.78. The second kappa shape index (κ2) is 8.73. The number of nitrogens with one attached hydrogen (secondary N) is 1. The van der Waals surface area contributed by atoms with E-state index in [2.05, 4.69) is 61.6 Å². The zero-order chi connectivity index (χ0) is 16.5. The zero-order valence-electron chi connectivity index (χ0n) is 14.6. The largest absolute Gasteiger partial charge is 0.497 e. The lowest BCUT2D eigenvalue weighted by molar-refractivity contribution is 0.380. The summed E-state index contributed by atoms with van der Waals surface area (Å²) in [6, 6.07) is 19.1. The highest BCUT2D eigenvalue weighted by atomic mass is 16.5. The van der Waals surface area contributed by atoms with Crippen molar-refractivity contribution < 1.29 is 4.74 Å². The van der Waals surface area contributed by atoms with Gasteiger partial charge in [-0.3, -0.25) is 0 Å². The molecule has 0 heterocycles. The predicted molar refractivity (Wildman–Crippen MR) is 98.2 cm³/mol. The summed E-state index contributed by atoms with van der Waals surface area (Å²) in [4.78, 5) is 0. The zero-order valence-corrected chi connectivity index (χ0v) is 14.6. The van der Waals surface area contributed by atoms with E-state index in [9.17, 15) is 0 Å². The lowest BCUT2D eigenvalue weighted by Crippen LogP contribution is -2.41. The quantitative estimate of drug-likeness (QED) is 0.682. The highest BCUT2D eigenvalue weighted by Crippen LogP contribution is 2.17. The Morgan fingerprint density at radius 1 is 0.870 bits per heavy atom. The Hall–Kier alpha value is -1.80. The van der Waals surface area contributed by atoms with Gasteiger partial charge in [-0.15, -0.1) is 0 Å². The lowest BCUT2D eigenvalue weighted by Gasteiger charge is -2.26. The van der Waals surface area contributed by atoms with Crippen LogP contribution in [0.1, 0.15) is 37.8 Å². The first-order valence-electron chi connectivity index (χ1n) is 8.51. The van der Waals surface area contributed by atoms with Crippen LogP contribution in [0.25, 0.3) is 0 Å². The first kappa shape index (κ1) is 17.6. The molecule has 2 heteroatoms. The summed E-state index contributed by atoms with van der Waals surface area (Å²) in [6.07, 6.45) is 4.63. The van der Waals surface area contributed by atoms with Crippen molar-refractivity contribution in [1.82, 2.24) is 5.32 Å². The summed E-state index contributed by atoms with van der Waals surface area (Å²) < 4.78 is 5.21. The van der Waals surface area contributed by atoms with Crippen molar-refractivity contribution in [1.29, 1.82) is 0 Å². The third kappa shape index (κ3) is 6.45. The molecule has 0 fully saturated rings. The van der Waals surface area contributed by atoms with Gasteiger partial charge in [-0.2, -0.15) is 0 Å². The molecular formula is C21H29NO. The smallest absolute Gasteiger partial charge is 0.118 e. The van der Waals surface area contributed by atoms with Crippen molar-refractivity contribution in [3.05, 3.63) is 65.7 Å². The van der Waals surface area contributed by atoms with Crippen LogP contribution in [0.4, 0.5) is 0 Å². The molecule has 0 aliphatic heterocycles. The van der Waals surface area contributed by atoms with E-state index in [0.29, 0.717) is 0 Å². The van der Waals surface area contributed by atoms with Crippen molar-refractivity contribution in [3.63, 3.8) is 0 Å². The molecule has 124 valence electrons. The molecule has 0 aliphatic carbocycles. The van der Waals surface area contributed by atoms with Crippen molar-refractivity contribution >= 4 is 0 Å². The molecule has 2 aromatic carbocycles. The molecular weight excluding hydrogens is 282 g/mol. The monoisotopic (exact) mass is 311 g/mol. The van der Waals surface area contributed by atoms with Crippen LogP contribution in [-0.2, 0) is 12.8 Å². The number of aryl methyl sites for hydroxylation is 1. The Morgan fingerprint density at radius 3 is 2.22 bits per heavy atom. The molecule has 0 spiro atoms. The molecule has 2 rings (SSSR count). The van der Waals surface area contributed by atoms with Crippen molar-refractivity contribution in [3.8, 4) is 5.75 Å². The fourth-order valence-electron chi connectivity index (χ4n) is 2.84. The van der Waals surface area contributed by atoms with Crippen LogP contribution in [0.2, 0.25) is 0 Å². The summed E-state index contributed by atoms with van der Waals surface area (Å²) >= 11 is 0. The molecule has 0 radical (unpaired) electrons. The van der Waals surface area contributed by atoms with Crippen LogP contribution >= 0.6 is 0 Å². The third-order valence-corrected chi connectivity index (χ3v) is 4.14. The maximum atomic E-state index is 5.21. The third-order valence-electron chi connectivity index (χ3n) is 4.14. The van der Waals surface area contributed by atoms with E-state index in [1.807, 2.05) is 12.1 Å². The highest BCUT2D eigenvalue weighted by Gasteiger charge is 2.17. The average molecular weight is 311 g/mol. The molecule has 0 amide bonds. The molecule has 23 heavy (non-hydrogen) atoms. The van der Waals surface area contributed by atoms with Gasteiger partial charge in [0.05, 0.1) is 7.11 Å². The highest BCUT2D eigenvalue weighted by molar-refractivity contribution is 5.28. The van der Waals surface area contributed by atoms with Crippen molar-refractivity contribution in [2.75, 3.05) is 13.7 Å². The molecule has 2 nitrogen and oxygen atoms in total. The van der Waals surface area contributed by atoms with Gasteiger partial charge in [0.2, 0.25) is 0 Å². The minimum Gasteiger partial charge on any atom is -0.497 e. The Morgan fingerprint density at radius 2 is 1.57 bits per heavy atom. The van der Waals surface area contributed by atoms with Gasteiger partial charge in [0.15, 0.2) is 0 Å². The lowest BCUT2D eigenvalue weighted by atomic mass is 9.94. The van der Waals surface area contributed by atoms with Crippen LogP contribution in [0.3, 0.4) is 0 Å². The first-order chi connectivity index (χ1) is 11.1. The Kier molecular flexibility index (Phi) is 6.66. The minimum atomic E-state index is 0.112. The fraction of sp³-hybridized carbons (Fsp3) is 0.429. The normalized spacial score (nSPS) is 11.4. The van der Waals surface area contributed by atoms with E-state index >= 15 is 0 Å². The summed E-state index contributed by atoms with van der Waals surface area (Å²) in [5, 5.41) is 3.69. The molecule has 0 atom stereocenters. The topological polar surface area (TPSA) is 21.3 Å². The number of benzene rings is 2. The van der Waals surface area contributed by atoms with Gasteiger partial charge in [0.25, 0.3) is 0 Å². The van der Waals surface area contributed by atoms with E-state index in [1.165, 1.54) is 30.4 Å². The van der Waals surface area contributed by atoms with Gasteiger partial charge < -0.3 is 10.1 Å². The number of rotatable bonds is 9. The maximum Gasteiger partial charge on any atom is 0.118 e. The summed E-state index contributed by atoms with van der Waals surface area (Å²) in [6.45, 7) is 5.61. The first-order valence-corrected chi connectivity index (χ1v) is 8.51. The van der Waals surface area contributed by atoms with Crippen LogP contribution in [0.5, 0.6) is 5.75 Å². The number of hydrogen-bond acceptors (Lipinski definition) is 2. The Bertz CT molecular complexity index is 560. The predicted octanol–water partition coefficient (Wildman–Crippen LogP) is 4.63. The SMILES string of the molecule is COc1ccc(CC(C)(C)NCCCCc2ccccc2)cc1. The van der Waals surface area contributed by atoms with E-state index in [4.69, 9.17) is 4.74 Å². The molecule has 0 saturated carbocycles. The number of ether oxygens (including phenoxy) is 1. The van der Waals surface area contributed by atoms with E-state index in [0.717, 1.165) is 18.7 Å². The summed E-state index contributed by atoms with van der Waals surface area (Å²) in [5.41, 5.74) is 2.89. The van der Waals surface area contributed by atoms with Crippen LogP contribution in [0, 0.1) is 0 Å². The number of methoxy groups -OCH3 is 1. The maximum absolute atomic E-state index is 5.21. The van der Waals surface area contributed by atoms with Gasteiger partial charge >= 0.3 is 0 Å². The standard InChI is InChI=1S/C21H29NO/c1-21(2,17-19-12-14-20(23-3)15-13-19)22-16-8-7-11-18-9-5-4-6-10-18/h4-6,9-10,12-15,22H,7-8,11,16-17H2,1-3H3. The van der Waals surface area contributed by atoms with E-state index < -0.39 is 0 Å². The summed E-state index contributed by atoms with van der Waals surface area (Å²) in [5.74, 6) is 0.917. The molecule has 1 N–H and O–H groups in total. The molecule has 0 aliphatic rings. The molecule has 2 aromatic rings. The average Bonchev–Trinajstić information content (AvgIpc) is 2.56. The van der Waals surface area contributed by atoms with E-state index in [1.54, 1.807) is 7.11 Å². The van der Waals surface area contributed by atoms with Crippen LogP contribution < -0.4 is 10.1 Å². The van der Waals surface area contributed by atoms with Crippen LogP contribution in [-0.4, -0.2) is 19.2 Å². The van der Waals surface area contributed by atoms with Gasteiger partial charge in [-0.1, -0.05) is 42.5 Å². The van der Waals surface area contributed by atoms with Gasteiger partial charge in [0, 0.05) is 5.54 Å². The Balaban J connectivity index is 1.68.